The summed E-state index contributed by atoms with van der Waals surface area (Å²) < 4.78 is 1.63. The second-order valence-corrected chi connectivity index (χ2v) is 7.16. The van der Waals surface area contributed by atoms with Crippen LogP contribution in [-0.2, 0) is 23.2 Å². The molecule has 5 nitrogen and oxygen atoms in total. The Kier molecular flexibility index (Phi) is 5.85. The standard InChI is InChI=1S/C17H23N3O2S/c1-13(23-11-14-7-5-4-6-8-14)16(21)18-12-17(2,22)15-9-19-20(3)10-15/h4-10,13,22H,11-12H2,1-3H3,(H,18,21). The molecule has 0 aliphatic heterocycles. The van der Waals surface area contributed by atoms with Crippen molar-refractivity contribution in [1.29, 1.82) is 0 Å². The van der Waals surface area contributed by atoms with E-state index in [0.29, 0.717) is 5.56 Å². The van der Waals surface area contributed by atoms with Crippen molar-refractivity contribution in [2.45, 2.75) is 30.5 Å². The molecule has 0 spiro atoms. The van der Waals surface area contributed by atoms with E-state index in [0.717, 1.165) is 5.75 Å². The molecular formula is C17H23N3O2S. The molecule has 0 saturated carbocycles. The van der Waals surface area contributed by atoms with E-state index in [9.17, 15) is 9.90 Å². The van der Waals surface area contributed by atoms with Crippen LogP contribution in [0.5, 0.6) is 0 Å². The van der Waals surface area contributed by atoms with E-state index in [-0.39, 0.29) is 17.7 Å². The second-order valence-electron chi connectivity index (χ2n) is 5.83. The van der Waals surface area contributed by atoms with Crippen molar-refractivity contribution in [1.82, 2.24) is 15.1 Å². The van der Waals surface area contributed by atoms with Crippen LogP contribution in [0.4, 0.5) is 0 Å². The molecular weight excluding hydrogens is 310 g/mol. The molecule has 0 fully saturated rings. The Labute approximate surface area is 141 Å². The number of benzene rings is 1. The average Bonchev–Trinajstić information content (AvgIpc) is 2.99. The van der Waals surface area contributed by atoms with Crippen molar-refractivity contribution in [2.24, 2.45) is 7.05 Å². The summed E-state index contributed by atoms with van der Waals surface area (Å²) >= 11 is 1.58. The number of hydrogen-bond acceptors (Lipinski definition) is 4. The van der Waals surface area contributed by atoms with Crippen LogP contribution >= 0.6 is 11.8 Å². The number of carbonyl (C=O) groups excluding carboxylic acids is 1. The third-order valence-corrected chi connectivity index (χ3v) is 4.86. The number of aromatic nitrogens is 2. The molecule has 0 radical (unpaired) electrons. The Balaban J connectivity index is 1.81. The number of aryl methyl sites for hydroxylation is 1. The molecule has 2 aromatic rings. The van der Waals surface area contributed by atoms with Crippen LogP contribution in [-0.4, -0.2) is 32.6 Å². The maximum Gasteiger partial charge on any atom is 0.232 e. The van der Waals surface area contributed by atoms with Crippen molar-refractivity contribution >= 4 is 17.7 Å². The highest BCUT2D eigenvalue weighted by molar-refractivity contribution is 7.99. The Bertz CT molecular complexity index is 640. The maximum absolute atomic E-state index is 12.2. The van der Waals surface area contributed by atoms with Crippen LogP contribution in [0, 0.1) is 0 Å². The first-order valence-corrected chi connectivity index (χ1v) is 8.58. The third-order valence-electron chi connectivity index (χ3n) is 3.65. The monoisotopic (exact) mass is 333 g/mol. The molecule has 1 aromatic heterocycles. The Morgan fingerprint density at radius 1 is 1.43 bits per heavy atom. The van der Waals surface area contributed by atoms with Gasteiger partial charge in [-0.15, -0.1) is 11.8 Å². The van der Waals surface area contributed by atoms with Crippen molar-refractivity contribution in [3.8, 4) is 0 Å². The van der Waals surface area contributed by atoms with Gasteiger partial charge < -0.3 is 10.4 Å². The molecule has 0 saturated heterocycles. The Hall–Kier alpha value is -1.79. The largest absolute Gasteiger partial charge is 0.383 e. The van der Waals surface area contributed by atoms with Gasteiger partial charge in [-0.3, -0.25) is 9.48 Å². The van der Waals surface area contributed by atoms with Crippen LogP contribution in [0.3, 0.4) is 0 Å². The zero-order valence-electron chi connectivity index (χ0n) is 13.7. The molecule has 2 unspecified atom stereocenters. The molecule has 2 atom stereocenters. The predicted octanol–water partition coefficient (Wildman–Crippen LogP) is 2.07. The zero-order chi connectivity index (χ0) is 16.9. The molecule has 0 aliphatic carbocycles. The summed E-state index contributed by atoms with van der Waals surface area (Å²) in [5.41, 5.74) is 0.748. The number of hydrogen-bond donors (Lipinski definition) is 2. The van der Waals surface area contributed by atoms with Crippen LogP contribution in [0.25, 0.3) is 0 Å². The number of carbonyl (C=O) groups is 1. The fourth-order valence-electron chi connectivity index (χ4n) is 2.08. The van der Waals surface area contributed by atoms with Gasteiger partial charge in [-0.05, 0) is 19.4 Å². The van der Waals surface area contributed by atoms with Gasteiger partial charge >= 0.3 is 0 Å². The first kappa shape index (κ1) is 17.6. The maximum atomic E-state index is 12.2. The first-order chi connectivity index (χ1) is 10.9. The van der Waals surface area contributed by atoms with E-state index in [2.05, 4.69) is 10.4 Å². The van der Waals surface area contributed by atoms with Gasteiger partial charge in [0.25, 0.3) is 0 Å². The summed E-state index contributed by atoms with van der Waals surface area (Å²) in [6.07, 6.45) is 3.36. The number of nitrogens with one attached hydrogen (secondary N) is 1. The van der Waals surface area contributed by atoms with Crippen LogP contribution in [0.1, 0.15) is 25.0 Å². The van der Waals surface area contributed by atoms with Gasteiger partial charge in [0.15, 0.2) is 0 Å². The lowest BCUT2D eigenvalue weighted by Crippen LogP contribution is -2.41. The number of rotatable bonds is 7. The smallest absolute Gasteiger partial charge is 0.232 e. The van der Waals surface area contributed by atoms with Gasteiger partial charge in [0.05, 0.1) is 18.0 Å². The fourth-order valence-corrected chi connectivity index (χ4v) is 2.95. The minimum Gasteiger partial charge on any atom is -0.383 e. The molecule has 23 heavy (non-hydrogen) atoms. The van der Waals surface area contributed by atoms with Gasteiger partial charge in [0.1, 0.15) is 5.60 Å². The highest BCUT2D eigenvalue weighted by Gasteiger charge is 2.26. The van der Waals surface area contributed by atoms with Crippen molar-refractivity contribution in [3.05, 3.63) is 53.9 Å². The molecule has 0 bridgehead atoms. The summed E-state index contributed by atoms with van der Waals surface area (Å²) in [6, 6.07) is 10.1. The van der Waals surface area contributed by atoms with Gasteiger partial charge in [-0.1, -0.05) is 30.3 Å². The lowest BCUT2D eigenvalue weighted by atomic mass is 10.00. The van der Waals surface area contributed by atoms with Crippen LogP contribution < -0.4 is 5.32 Å². The lowest BCUT2D eigenvalue weighted by molar-refractivity contribution is -0.121. The van der Waals surface area contributed by atoms with Crippen LogP contribution in [0.15, 0.2) is 42.7 Å². The predicted molar refractivity (Wildman–Crippen MR) is 93.0 cm³/mol. The van der Waals surface area contributed by atoms with Crippen molar-refractivity contribution in [3.63, 3.8) is 0 Å². The van der Waals surface area contributed by atoms with Crippen molar-refractivity contribution < 1.29 is 9.90 Å². The van der Waals surface area contributed by atoms with E-state index in [1.54, 1.807) is 42.8 Å². The summed E-state index contributed by atoms with van der Waals surface area (Å²) in [5.74, 6) is 0.712. The molecule has 6 heteroatoms. The number of nitrogens with zero attached hydrogens (tertiary/aromatic N) is 2. The number of amides is 1. The molecule has 1 aromatic carbocycles. The topological polar surface area (TPSA) is 67.2 Å². The highest BCUT2D eigenvalue weighted by atomic mass is 32.2. The quantitative estimate of drug-likeness (QED) is 0.814. The van der Waals surface area contributed by atoms with Gasteiger partial charge in [-0.25, -0.2) is 0 Å². The second kappa shape index (κ2) is 7.66. The Morgan fingerprint density at radius 2 is 2.13 bits per heavy atom. The van der Waals surface area contributed by atoms with Gasteiger partial charge in [0, 0.05) is 24.6 Å². The number of aliphatic hydroxyl groups is 1. The molecule has 2 rings (SSSR count). The minimum atomic E-state index is -1.13. The zero-order valence-corrected chi connectivity index (χ0v) is 14.5. The summed E-state index contributed by atoms with van der Waals surface area (Å²) in [5, 5.41) is 17.2. The Morgan fingerprint density at radius 3 is 2.74 bits per heavy atom. The summed E-state index contributed by atoms with van der Waals surface area (Å²) in [7, 11) is 1.79. The van der Waals surface area contributed by atoms with Crippen molar-refractivity contribution in [2.75, 3.05) is 6.54 Å². The van der Waals surface area contributed by atoms with Gasteiger partial charge in [-0.2, -0.15) is 5.10 Å². The average molecular weight is 333 g/mol. The van der Waals surface area contributed by atoms with E-state index in [4.69, 9.17) is 0 Å². The van der Waals surface area contributed by atoms with E-state index in [1.807, 2.05) is 37.3 Å². The fraction of sp³-hybridized carbons (Fsp3) is 0.412. The van der Waals surface area contributed by atoms with E-state index >= 15 is 0 Å². The number of thioether (sulfide) groups is 1. The lowest BCUT2D eigenvalue weighted by Gasteiger charge is -2.23. The molecule has 124 valence electrons. The summed E-state index contributed by atoms with van der Waals surface area (Å²) in [4.78, 5) is 12.2. The molecule has 2 N–H and O–H groups in total. The van der Waals surface area contributed by atoms with E-state index < -0.39 is 5.60 Å². The normalized spacial score (nSPS) is 15.0. The molecule has 1 heterocycles. The van der Waals surface area contributed by atoms with Gasteiger partial charge in [0.2, 0.25) is 5.91 Å². The summed E-state index contributed by atoms with van der Waals surface area (Å²) in [6.45, 7) is 3.71. The third kappa shape index (κ3) is 5.11. The molecule has 0 aliphatic rings. The van der Waals surface area contributed by atoms with Crippen LogP contribution in [0.2, 0.25) is 0 Å². The van der Waals surface area contributed by atoms with E-state index in [1.165, 1.54) is 5.56 Å². The highest BCUT2D eigenvalue weighted by Crippen LogP contribution is 2.20. The SMILES string of the molecule is CC(SCc1ccccc1)C(=O)NCC(C)(O)c1cnn(C)c1. The molecule has 1 amide bonds. The minimum absolute atomic E-state index is 0.0740. The first-order valence-electron chi connectivity index (χ1n) is 7.53.